The van der Waals surface area contributed by atoms with Gasteiger partial charge in [0.1, 0.15) is 0 Å². The van der Waals surface area contributed by atoms with Crippen LogP contribution in [0.3, 0.4) is 0 Å². The third kappa shape index (κ3) is 6.01. The summed E-state index contributed by atoms with van der Waals surface area (Å²) >= 11 is 0. The van der Waals surface area contributed by atoms with Gasteiger partial charge in [0, 0.05) is 19.6 Å². The lowest BCUT2D eigenvalue weighted by Gasteiger charge is -2.23. The first-order valence-electron chi connectivity index (χ1n) is 7.60. The highest BCUT2D eigenvalue weighted by molar-refractivity contribution is 5.37. The van der Waals surface area contributed by atoms with Gasteiger partial charge in [-0.1, -0.05) is 33.6 Å². The number of rotatable bonds is 10. The van der Waals surface area contributed by atoms with Gasteiger partial charge in [-0.25, -0.2) is 0 Å². The molecule has 0 saturated heterocycles. The molecule has 0 radical (unpaired) electrons. The van der Waals surface area contributed by atoms with E-state index < -0.39 is 0 Å². The van der Waals surface area contributed by atoms with Crippen molar-refractivity contribution < 1.29 is 0 Å². The molecule has 1 N–H and O–H groups in total. The molecule has 1 aromatic heterocycles. The highest BCUT2D eigenvalue weighted by atomic mass is 15.3. The van der Waals surface area contributed by atoms with Crippen LogP contribution in [0.1, 0.15) is 52.1 Å². The Hall–Kier alpha value is -1.16. The summed E-state index contributed by atoms with van der Waals surface area (Å²) in [6.07, 6.45) is 4.86. The zero-order valence-corrected chi connectivity index (χ0v) is 12.7. The van der Waals surface area contributed by atoms with Gasteiger partial charge in [0.2, 0.25) is 0 Å². The van der Waals surface area contributed by atoms with Crippen molar-refractivity contribution >= 4 is 5.82 Å². The molecule has 4 nitrogen and oxygen atoms in total. The van der Waals surface area contributed by atoms with Crippen LogP contribution < -0.4 is 10.2 Å². The van der Waals surface area contributed by atoms with Crippen molar-refractivity contribution in [2.45, 2.75) is 53.0 Å². The maximum absolute atomic E-state index is 4.37. The summed E-state index contributed by atoms with van der Waals surface area (Å²) in [5, 5.41) is 11.9. The molecule has 0 aliphatic rings. The third-order valence-corrected chi connectivity index (χ3v) is 3.15. The predicted octanol–water partition coefficient (Wildman–Crippen LogP) is 2.99. The Morgan fingerprint density at radius 1 is 1.00 bits per heavy atom. The van der Waals surface area contributed by atoms with Crippen molar-refractivity contribution in [2.75, 3.05) is 24.5 Å². The Balaban J connectivity index is 2.61. The molecular formula is C15H28N4. The fraction of sp³-hybridized carbons (Fsp3) is 0.733. The Morgan fingerprint density at radius 3 is 2.16 bits per heavy atom. The Morgan fingerprint density at radius 2 is 1.68 bits per heavy atom. The first-order valence-corrected chi connectivity index (χ1v) is 7.60. The average molecular weight is 264 g/mol. The van der Waals surface area contributed by atoms with Crippen LogP contribution in [-0.2, 0) is 6.54 Å². The van der Waals surface area contributed by atoms with Gasteiger partial charge in [-0.15, -0.1) is 5.10 Å². The highest BCUT2D eigenvalue weighted by Gasteiger charge is 2.07. The Bertz CT molecular complexity index is 315. The van der Waals surface area contributed by atoms with Crippen molar-refractivity contribution in [3.05, 3.63) is 17.8 Å². The van der Waals surface area contributed by atoms with Gasteiger partial charge in [-0.2, -0.15) is 5.10 Å². The van der Waals surface area contributed by atoms with Gasteiger partial charge >= 0.3 is 0 Å². The number of unbranched alkanes of at least 4 members (excludes halogenated alkanes) is 2. The van der Waals surface area contributed by atoms with E-state index in [0.717, 1.165) is 37.7 Å². The third-order valence-electron chi connectivity index (χ3n) is 3.15. The van der Waals surface area contributed by atoms with E-state index in [0.29, 0.717) is 0 Å². The van der Waals surface area contributed by atoms with E-state index in [9.17, 15) is 0 Å². The van der Waals surface area contributed by atoms with Crippen LogP contribution in [0.4, 0.5) is 5.82 Å². The standard InChI is InChI=1S/C15H28N4/c1-4-7-11-19(12-8-5-2)15-10-9-14(17-18-15)13-16-6-3/h9-10,16H,4-8,11-13H2,1-3H3. The molecule has 1 heterocycles. The summed E-state index contributed by atoms with van der Waals surface area (Å²) in [4.78, 5) is 2.36. The second-order valence-corrected chi connectivity index (χ2v) is 4.86. The average Bonchev–Trinajstić information content (AvgIpc) is 2.46. The molecule has 0 aromatic carbocycles. The largest absolute Gasteiger partial charge is 0.355 e. The number of nitrogens with one attached hydrogen (secondary N) is 1. The van der Waals surface area contributed by atoms with Crippen molar-refractivity contribution in [2.24, 2.45) is 0 Å². The monoisotopic (exact) mass is 264 g/mol. The number of anilines is 1. The van der Waals surface area contributed by atoms with Crippen LogP contribution in [0, 0.1) is 0 Å². The number of hydrogen-bond acceptors (Lipinski definition) is 4. The summed E-state index contributed by atoms with van der Waals surface area (Å²) < 4.78 is 0. The Labute approximate surface area is 117 Å². The molecule has 1 rings (SSSR count). The lowest BCUT2D eigenvalue weighted by molar-refractivity contribution is 0.659. The summed E-state index contributed by atoms with van der Waals surface area (Å²) in [6.45, 7) is 10.5. The molecule has 0 saturated carbocycles. The van der Waals surface area contributed by atoms with Gasteiger partial charge in [0.05, 0.1) is 5.69 Å². The number of aromatic nitrogens is 2. The van der Waals surface area contributed by atoms with E-state index in [1.165, 1.54) is 25.7 Å². The molecule has 0 atom stereocenters. The predicted molar refractivity (Wildman–Crippen MR) is 81.4 cm³/mol. The highest BCUT2D eigenvalue weighted by Crippen LogP contribution is 2.12. The van der Waals surface area contributed by atoms with E-state index in [1.807, 2.05) is 0 Å². The van der Waals surface area contributed by atoms with Crippen molar-refractivity contribution in [1.82, 2.24) is 15.5 Å². The topological polar surface area (TPSA) is 41.0 Å². The number of hydrogen-bond donors (Lipinski definition) is 1. The lowest BCUT2D eigenvalue weighted by Crippen LogP contribution is -2.27. The molecule has 0 aliphatic heterocycles. The molecule has 0 bridgehead atoms. The van der Waals surface area contributed by atoms with E-state index >= 15 is 0 Å². The van der Waals surface area contributed by atoms with Crippen molar-refractivity contribution in [3.8, 4) is 0 Å². The smallest absolute Gasteiger partial charge is 0.151 e. The minimum Gasteiger partial charge on any atom is -0.355 e. The quantitative estimate of drug-likeness (QED) is 0.705. The second-order valence-electron chi connectivity index (χ2n) is 4.86. The van der Waals surface area contributed by atoms with Crippen molar-refractivity contribution in [1.29, 1.82) is 0 Å². The lowest BCUT2D eigenvalue weighted by atomic mass is 10.2. The second kappa shape index (κ2) is 9.73. The van der Waals surface area contributed by atoms with Crippen LogP contribution in [-0.4, -0.2) is 29.8 Å². The molecular weight excluding hydrogens is 236 g/mol. The fourth-order valence-electron chi connectivity index (χ4n) is 1.91. The van der Waals surface area contributed by atoms with Crippen LogP contribution >= 0.6 is 0 Å². The van der Waals surface area contributed by atoms with Crippen molar-refractivity contribution in [3.63, 3.8) is 0 Å². The fourth-order valence-corrected chi connectivity index (χ4v) is 1.91. The summed E-state index contributed by atoms with van der Waals surface area (Å²) in [7, 11) is 0. The Kier molecular flexibility index (Phi) is 8.14. The zero-order valence-electron chi connectivity index (χ0n) is 12.7. The van der Waals surface area contributed by atoms with Crippen LogP contribution in [0.2, 0.25) is 0 Å². The molecule has 19 heavy (non-hydrogen) atoms. The molecule has 0 amide bonds. The van der Waals surface area contributed by atoms with Gasteiger partial charge in [0.15, 0.2) is 5.82 Å². The summed E-state index contributed by atoms with van der Waals surface area (Å²) in [5.41, 5.74) is 1.01. The SMILES string of the molecule is CCCCN(CCCC)c1ccc(CNCC)nn1. The summed E-state index contributed by atoms with van der Waals surface area (Å²) in [5.74, 6) is 1.02. The van der Waals surface area contributed by atoms with Crippen LogP contribution in [0.5, 0.6) is 0 Å². The zero-order chi connectivity index (χ0) is 13.9. The van der Waals surface area contributed by atoms with E-state index in [2.05, 4.69) is 53.3 Å². The van der Waals surface area contributed by atoms with Gasteiger partial charge in [-0.3, -0.25) is 0 Å². The van der Waals surface area contributed by atoms with Gasteiger partial charge in [-0.05, 0) is 31.5 Å². The van der Waals surface area contributed by atoms with Crippen LogP contribution in [0.15, 0.2) is 12.1 Å². The molecule has 4 heteroatoms. The maximum Gasteiger partial charge on any atom is 0.151 e. The normalized spacial score (nSPS) is 10.7. The van der Waals surface area contributed by atoms with E-state index in [1.54, 1.807) is 0 Å². The minimum absolute atomic E-state index is 0.799. The molecule has 0 fully saturated rings. The molecule has 0 unspecified atom stereocenters. The van der Waals surface area contributed by atoms with Gasteiger partial charge in [0.25, 0.3) is 0 Å². The molecule has 1 aromatic rings. The minimum atomic E-state index is 0.799. The van der Waals surface area contributed by atoms with Crippen LogP contribution in [0.25, 0.3) is 0 Å². The summed E-state index contributed by atoms with van der Waals surface area (Å²) in [6, 6.07) is 4.18. The first kappa shape index (κ1) is 15.9. The van der Waals surface area contributed by atoms with E-state index in [4.69, 9.17) is 0 Å². The maximum atomic E-state index is 4.37. The van der Waals surface area contributed by atoms with E-state index in [-0.39, 0.29) is 0 Å². The first-order chi connectivity index (χ1) is 9.31. The number of nitrogens with zero attached hydrogens (tertiary/aromatic N) is 3. The molecule has 0 aliphatic carbocycles. The van der Waals surface area contributed by atoms with Gasteiger partial charge < -0.3 is 10.2 Å². The molecule has 0 spiro atoms. The molecule has 108 valence electrons.